The average Bonchev–Trinajstić information content (AvgIpc) is 3.04. The summed E-state index contributed by atoms with van der Waals surface area (Å²) < 4.78 is 42.6. The smallest absolute Gasteiger partial charge is 0.303 e. The molecule has 0 radical (unpaired) electrons. The van der Waals surface area contributed by atoms with Crippen molar-refractivity contribution in [3.05, 3.63) is 0 Å². The summed E-state index contributed by atoms with van der Waals surface area (Å²) in [4.78, 5) is 11.4. The molecule has 0 spiro atoms. The Hall–Kier alpha value is -0.610. The first-order chi connectivity index (χ1) is 15.9. The first kappa shape index (κ1) is 16.9. The van der Waals surface area contributed by atoms with E-state index in [1.807, 2.05) is 6.92 Å². The van der Waals surface area contributed by atoms with Crippen molar-refractivity contribution in [2.75, 3.05) is 0 Å². The van der Waals surface area contributed by atoms with Crippen LogP contribution in [0.1, 0.15) is 98.7 Å². The van der Waals surface area contributed by atoms with Crippen molar-refractivity contribution in [1.82, 2.24) is 0 Å². The highest BCUT2D eigenvalue weighted by Crippen LogP contribution is 2.69. The topological polar surface area (TPSA) is 77.8 Å². The molecule has 4 heteroatoms. The Labute approximate surface area is 189 Å². The summed E-state index contributed by atoms with van der Waals surface area (Å²) >= 11 is 0. The van der Waals surface area contributed by atoms with Crippen molar-refractivity contribution in [2.45, 2.75) is 104 Å². The van der Waals surface area contributed by atoms with Crippen LogP contribution in [-0.2, 0) is 4.79 Å². The Bertz CT molecular complexity index is 844. The van der Waals surface area contributed by atoms with Crippen molar-refractivity contribution < 1.29 is 27.0 Å². The molecule has 0 aromatic carbocycles. The average molecular weight is 426 g/mol. The van der Waals surface area contributed by atoms with Crippen molar-refractivity contribution in [1.29, 1.82) is 0 Å². The normalized spacial score (nSPS) is 57.4. The fraction of sp³-hybridized carbons (Fsp3) is 0.962. The minimum Gasteiger partial charge on any atom is -0.481 e. The molecule has 30 heavy (non-hydrogen) atoms. The fourth-order valence-corrected chi connectivity index (χ4v) is 8.74. The van der Waals surface area contributed by atoms with Crippen LogP contribution in [0, 0.1) is 52.3 Å². The Morgan fingerprint density at radius 2 is 1.77 bits per heavy atom. The van der Waals surface area contributed by atoms with E-state index in [4.69, 9.17) is 5.48 Å². The molecule has 0 aromatic heterocycles. The molecule has 4 nitrogen and oxygen atoms in total. The van der Waals surface area contributed by atoms with E-state index < -0.39 is 42.7 Å². The van der Waals surface area contributed by atoms with Gasteiger partial charge < -0.3 is 15.3 Å². The maximum Gasteiger partial charge on any atom is 0.303 e. The van der Waals surface area contributed by atoms with E-state index in [1.54, 1.807) is 0 Å². The molecule has 0 heterocycles. The highest BCUT2D eigenvalue weighted by Gasteiger charge is 2.64. The van der Waals surface area contributed by atoms with E-state index in [-0.39, 0.29) is 46.8 Å². The van der Waals surface area contributed by atoms with Gasteiger partial charge in [-0.05, 0) is 104 Å². The lowest BCUT2D eigenvalue weighted by Gasteiger charge is -2.64. The maximum atomic E-state index is 12.0. The van der Waals surface area contributed by atoms with Gasteiger partial charge in [-0.25, -0.2) is 0 Å². The van der Waals surface area contributed by atoms with Crippen LogP contribution in [0.3, 0.4) is 0 Å². The third kappa shape index (κ3) is 3.36. The zero-order chi connectivity index (χ0) is 26.4. The fourth-order valence-electron chi connectivity index (χ4n) is 8.74. The summed E-state index contributed by atoms with van der Waals surface area (Å²) in [6.45, 7) is 7.79. The number of carbonyl (C=O) groups is 1. The Morgan fingerprint density at radius 1 is 1.10 bits per heavy atom. The van der Waals surface area contributed by atoms with Crippen LogP contribution in [0.4, 0.5) is 0 Å². The number of carboxylic acids is 1. The summed E-state index contributed by atoms with van der Waals surface area (Å²) in [6, 6.07) is 0. The van der Waals surface area contributed by atoms with E-state index in [2.05, 4.69) is 13.8 Å². The summed E-state index contributed by atoms with van der Waals surface area (Å²) in [7, 11) is 0. The predicted octanol–water partition coefficient (Wildman–Crippen LogP) is 5.11. The van der Waals surface area contributed by atoms with Gasteiger partial charge in [-0.15, -0.1) is 0 Å². The predicted molar refractivity (Wildman–Crippen MR) is 118 cm³/mol. The van der Waals surface area contributed by atoms with Crippen LogP contribution in [0.2, 0.25) is 0 Å². The van der Waals surface area contributed by atoms with Crippen LogP contribution in [0.25, 0.3) is 0 Å². The molecule has 0 aliphatic heterocycles. The standard InChI is InChI=1S/C26H44O4/c1-5-17-21-14-16(27)10-12-26(21,4)20-11-13-25(3)18(15(2)6-9-22(28)29)7-8-19(25)23(20)24(17)30/h15-21,23-24,27,30H,5-14H2,1-4H3,(H,28,29)/t15-,16-,17-,18-,19+,20+,21+,23+,24-,25-,26-/m1/s1/i5D2,9D2,24D. The van der Waals surface area contributed by atoms with Crippen molar-refractivity contribution in [3.8, 4) is 0 Å². The molecule has 0 saturated heterocycles. The van der Waals surface area contributed by atoms with Gasteiger partial charge in [-0.3, -0.25) is 4.79 Å². The van der Waals surface area contributed by atoms with Crippen LogP contribution < -0.4 is 0 Å². The molecule has 4 aliphatic rings. The number of carboxylic acid groups (broad SMARTS) is 1. The van der Waals surface area contributed by atoms with E-state index in [0.29, 0.717) is 12.8 Å². The van der Waals surface area contributed by atoms with E-state index in [9.17, 15) is 21.5 Å². The number of fused-ring (bicyclic) bond motifs is 5. The highest BCUT2D eigenvalue weighted by atomic mass is 16.4. The van der Waals surface area contributed by atoms with Crippen LogP contribution in [0.5, 0.6) is 0 Å². The van der Waals surface area contributed by atoms with Gasteiger partial charge in [0.15, 0.2) is 0 Å². The molecule has 11 atom stereocenters. The van der Waals surface area contributed by atoms with Gasteiger partial charge in [0.1, 0.15) is 0 Å². The Balaban J connectivity index is 1.72. The molecule has 4 aliphatic carbocycles. The molecular formula is C26H44O4. The van der Waals surface area contributed by atoms with Gasteiger partial charge >= 0.3 is 5.97 Å². The lowest BCUT2D eigenvalue weighted by molar-refractivity contribution is -0.203. The highest BCUT2D eigenvalue weighted by molar-refractivity contribution is 5.66. The quantitative estimate of drug-likeness (QED) is 0.572. The molecule has 0 aromatic rings. The second-order valence-electron chi connectivity index (χ2n) is 11.4. The van der Waals surface area contributed by atoms with Gasteiger partial charge in [-0.1, -0.05) is 34.1 Å². The first-order valence-electron chi connectivity index (χ1n) is 14.5. The number of hydrogen-bond acceptors (Lipinski definition) is 3. The summed E-state index contributed by atoms with van der Waals surface area (Å²) in [5.74, 6) is -3.00. The van der Waals surface area contributed by atoms with Crippen LogP contribution in [-0.4, -0.2) is 33.5 Å². The van der Waals surface area contributed by atoms with Gasteiger partial charge in [0, 0.05) is 11.9 Å². The van der Waals surface area contributed by atoms with E-state index >= 15 is 0 Å². The molecule has 0 bridgehead atoms. The second kappa shape index (κ2) is 8.06. The SMILES string of the molecule is [2H]C([2H])(C[C@@H](C)[C@H]1CC[C@H]2[C@H]3[C@H](CC[C@]12C)[C@@]1(C)CC[C@@H](O)C[C@H]1[C@@H](C([2H])([2H])C)[C@@]3([2H])O)C(=O)O. The molecule has 0 amide bonds. The minimum atomic E-state index is -2.29. The third-order valence-electron chi connectivity index (χ3n) is 10.2. The first-order valence-corrected chi connectivity index (χ1v) is 12.0. The number of hydrogen-bond donors (Lipinski definition) is 3. The van der Waals surface area contributed by atoms with Gasteiger partial charge in [-0.2, -0.15) is 0 Å². The summed E-state index contributed by atoms with van der Waals surface area (Å²) in [5, 5.41) is 31.8. The monoisotopic (exact) mass is 425 g/mol. The molecule has 0 unspecified atom stereocenters. The van der Waals surface area contributed by atoms with Crippen LogP contribution >= 0.6 is 0 Å². The molecule has 4 fully saturated rings. The lowest BCUT2D eigenvalue weighted by atomic mass is 9.41. The minimum absolute atomic E-state index is 0.00127. The molecule has 3 N–H and O–H groups in total. The van der Waals surface area contributed by atoms with Gasteiger partial charge in [0.25, 0.3) is 0 Å². The number of aliphatic hydroxyl groups excluding tert-OH is 1. The zero-order valence-electron chi connectivity index (χ0n) is 24.0. The van der Waals surface area contributed by atoms with Crippen molar-refractivity contribution in [2.24, 2.45) is 52.3 Å². The van der Waals surface area contributed by atoms with Gasteiger partial charge in [0.05, 0.1) is 13.6 Å². The number of rotatable bonds is 5. The molecule has 4 rings (SSSR count). The van der Waals surface area contributed by atoms with E-state index in [1.165, 1.54) is 6.92 Å². The number of aliphatic hydroxyl groups is 2. The van der Waals surface area contributed by atoms with Crippen molar-refractivity contribution >= 4 is 5.97 Å². The lowest BCUT2D eigenvalue weighted by Crippen LogP contribution is -2.62. The van der Waals surface area contributed by atoms with E-state index in [0.717, 1.165) is 32.1 Å². The zero-order valence-corrected chi connectivity index (χ0v) is 19.0. The molecule has 172 valence electrons. The second-order valence-corrected chi connectivity index (χ2v) is 11.4. The summed E-state index contributed by atoms with van der Waals surface area (Å²) in [5.41, 5.74) is -0.510. The maximum absolute atomic E-state index is 12.0. The third-order valence-corrected chi connectivity index (χ3v) is 10.2. The van der Waals surface area contributed by atoms with Gasteiger partial charge in [0.2, 0.25) is 0 Å². The van der Waals surface area contributed by atoms with Crippen molar-refractivity contribution in [3.63, 3.8) is 0 Å². The Morgan fingerprint density at radius 3 is 2.43 bits per heavy atom. The number of aliphatic carboxylic acids is 1. The summed E-state index contributed by atoms with van der Waals surface area (Å²) in [6.07, 6.45) is -1.48. The van der Waals surface area contributed by atoms with Crippen LogP contribution in [0.15, 0.2) is 0 Å². The Kier molecular flexibility index (Phi) is 4.56. The molecular weight excluding hydrogens is 376 g/mol. The molecule has 4 saturated carbocycles. The largest absolute Gasteiger partial charge is 0.481 e.